The van der Waals surface area contributed by atoms with Crippen molar-refractivity contribution in [2.45, 2.75) is 6.61 Å². The van der Waals surface area contributed by atoms with Crippen molar-refractivity contribution in [3.05, 3.63) is 65.5 Å². The Kier molecular flexibility index (Phi) is 6.28. The molecule has 1 saturated heterocycles. The predicted octanol–water partition coefficient (Wildman–Crippen LogP) is 1.70. The summed E-state index contributed by atoms with van der Waals surface area (Å²) in [4.78, 5) is 30.8. The molecule has 2 aromatic carbocycles. The number of benzene rings is 2. The van der Waals surface area contributed by atoms with Crippen LogP contribution < -0.4 is 16.4 Å². The van der Waals surface area contributed by atoms with Gasteiger partial charge in [0, 0.05) is 37.3 Å². The van der Waals surface area contributed by atoms with Crippen molar-refractivity contribution in [2.75, 3.05) is 31.1 Å². The Hall–Kier alpha value is -3.62. The molecule has 1 aliphatic rings. The highest BCUT2D eigenvalue weighted by Gasteiger charge is 2.24. The van der Waals surface area contributed by atoms with Crippen LogP contribution in [-0.2, 0) is 11.3 Å². The van der Waals surface area contributed by atoms with E-state index in [0.29, 0.717) is 37.4 Å². The topological polar surface area (TPSA) is 114 Å². The van der Waals surface area contributed by atoms with Gasteiger partial charge in [-0.05, 0) is 18.2 Å². The van der Waals surface area contributed by atoms with Gasteiger partial charge in [-0.25, -0.2) is 9.18 Å². The van der Waals surface area contributed by atoms with Gasteiger partial charge in [-0.2, -0.15) is 0 Å². The molecular weight excluding hydrogens is 377 g/mol. The summed E-state index contributed by atoms with van der Waals surface area (Å²) in [6.07, 6.45) is -0.983. The molecule has 8 nitrogen and oxygen atoms in total. The molecule has 29 heavy (non-hydrogen) atoms. The fourth-order valence-corrected chi connectivity index (χ4v) is 3.11. The van der Waals surface area contributed by atoms with E-state index in [1.54, 1.807) is 29.2 Å². The first kappa shape index (κ1) is 20.1. The number of carbonyl (C=O) groups is 2. The Labute approximate surface area is 167 Å². The number of aliphatic imine (C=N–C) groups is 1. The zero-order valence-corrected chi connectivity index (χ0v) is 15.8. The lowest BCUT2D eigenvalue weighted by molar-refractivity contribution is 0.0746. The van der Waals surface area contributed by atoms with E-state index in [4.69, 9.17) is 16.2 Å². The lowest BCUT2D eigenvalue weighted by atomic mass is 10.1. The first-order valence-electron chi connectivity index (χ1n) is 9.08. The third-order valence-electron chi connectivity index (χ3n) is 4.56. The average Bonchev–Trinajstić information content (AvgIpc) is 2.73. The number of hydrogen-bond acceptors (Lipinski definition) is 4. The number of amides is 2. The Morgan fingerprint density at radius 2 is 1.69 bits per heavy atom. The fourth-order valence-electron chi connectivity index (χ4n) is 3.11. The molecule has 1 aliphatic heterocycles. The average molecular weight is 399 g/mol. The number of guanidine groups is 1. The minimum Gasteiger partial charge on any atom is -0.443 e. The lowest BCUT2D eigenvalue weighted by Gasteiger charge is -2.36. The van der Waals surface area contributed by atoms with Gasteiger partial charge in [-0.3, -0.25) is 4.79 Å². The minimum absolute atomic E-state index is 0.0360. The van der Waals surface area contributed by atoms with Crippen LogP contribution in [0.2, 0.25) is 0 Å². The van der Waals surface area contributed by atoms with Gasteiger partial charge in [0.05, 0.1) is 5.69 Å². The van der Waals surface area contributed by atoms with Crippen molar-refractivity contribution in [1.82, 2.24) is 4.90 Å². The quantitative estimate of drug-likeness (QED) is 0.597. The molecule has 2 amide bonds. The molecule has 1 fully saturated rings. The molecule has 0 radical (unpaired) electrons. The van der Waals surface area contributed by atoms with Crippen molar-refractivity contribution in [1.29, 1.82) is 0 Å². The number of hydrogen-bond donors (Lipinski definition) is 2. The number of halogens is 1. The van der Waals surface area contributed by atoms with Crippen LogP contribution in [0.5, 0.6) is 0 Å². The van der Waals surface area contributed by atoms with Crippen LogP contribution in [0.25, 0.3) is 0 Å². The summed E-state index contributed by atoms with van der Waals surface area (Å²) in [6.45, 7) is 1.66. The highest BCUT2D eigenvalue weighted by atomic mass is 19.1. The lowest BCUT2D eigenvalue weighted by Crippen LogP contribution is -2.49. The first-order chi connectivity index (χ1) is 14.0. The minimum atomic E-state index is -0.983. The van der Waals surface area contributed by atoms with Crippen molar-refractivity contribution >= 4 is 23.6 Å². The summed E-state index contributed by atoms with van der Waals surface area (Å²) < 4.78 is 19.8. The molecule has 9 heteroatoms. The van der Waals surface area contributed by atoms with Gasteiger partial charge in [-0.15, -0.1) is 4.99 Å². The summed E-state index contributed by atoms with van der Waals surface area (Å²) in [5, 5.41) is 0. The third kappa shape index (κ3) is 5.01. The van der Waals surface area contributed by atoms with E-state index in [1.165, 1.54) is 6.07 Å². The molecule has 152 valence electrons. The number of ether oxygens (including phenoxy) is 1. The Bertz CT molecular complexity index is 908. The van der Waals surface area contributed by atoms with Gasteiger partial charge in [0.1, 0.15) is 6.61 Å². The van der Waals surface area contributed by atoms with E-state index in [1.807, 2.05) is 23.1 Å². The monoisotopic (exact) mass is 399 g/mol. The van der Waals surface area contributed by atoms with Gasteiger partial charge in [0.2, 0.25) is 0 Å². The largest absolute Gasteiger partial charge is 0.443 e. The molecule has 4 N–H and O–H groups in total. The van der Waals surface area contributed by atoms with Crippen molar-refractivity contribution < 1.29 is 18.7 Å². The highest BCUT2D eigenvalue weighted by molar-refractivity contribution is 5.94. The number of nitrogens with two attached hydrogens (primary N) is 2. The van der Waals surface area contributed by atoms with Gasteiger partial charge < -0.3 is 26.0 Å². The Balaban J connectivity index is 1.63. The molecule has 0 saturated carbocycles. The summed E-state index contributed by atoms with van der Waals surface area (Å²) in [7, 11) is 0. The zero-order chi connectivity index (χ0) is 20.8. The van der Waals surface area contributed by atoms with E-state index in [-0.39, 0.29) is 18.1 Å². The molecule has 0 bridgehead atoms. The fraction of sp³-hybridized carbons (Fsp3) is 0.250. The molecule has 2 aromatic rings. The standard InChI is InChI=1S/C20H22FN5O3/c21-17-15(13-29-20(28)24-19(22)23)7-4-8-16(17)25-9-11-26(12-10-25)18(27)14-5-2-1-3-6-14/h1-8H,9-13H2,(H4,22,23,24,28). The van der Waals surface area contributed by atoms with Crippen LogP contribution >= 0.6 is 0 Å². The zero-order valence-electron chi connectivity index (χ0n) is 15.8. The van der Waals surface area contributed by atoms with E-state index in [0.717, 1.165) is 0 Å². The van der Waals surface area contributed by atoms with E-state index >= 15 is 0 Å². The van der Waals surface area contributed by atoms with Gasteiger partial charge >= 0.3 is 6.09 Å². The number of carbonyl (C=O) groups excluding carboxylic acids is 2. The summed E-state index contributed by atoms with van der Waals surface area (Å²) in [5.41, 5.74) is 11.4. The van der Waals surface area contributed by atoms with Gasteiger partial charge in [0.15, 0.2) is 11.8 Å². The van der Waals surface area contributed by atoms with Crippen LogP contribution in [0.15, 0.2) is 53.5 Å². The second-order valence-electron chi connectivity index (χ2n) is 6.49. The number of rotatable bonds is 4. The molecule has 0 aromatic heterocycles. The summed E-state index contributed by atoms with van der Waals surface area (Å²) in [6, 6.07) is 13.9. The smallest absolute Gasteiger partial charge is 0.437 e. The molecule has 0 spiro atoms. The molecule has 1 heterocycles. The first-order valence-corrected chi connectivity index (χ1v) is 9.08. The molecule has 0 unspecified atom stereocenters. The Morgan fingerprint density at radius 3 is 2.34 bits per heavy atom. The number of piperazine rings is 1. The normalized spacial score (nSPS) is 13.7. The highest BCUT2D eigenvalue weighted by Crippen LogP contribution is 2.24. The van der Waals surface area contributed by atoms with E-state index in [9.17, 15) is 14.0 Å². The molecule has 3 rings (SSSR count). The third-order valence-corrected chi connectivity index (χ3v) is 4.56. The van der Waals surface area contributed by atoms with Crippen LogP contribution in [-0.4, -0.2) is 49.0 Å². The second-order valence-corrected chi connectivity index (χ2v) is 6.49. The second kappa shape index (κ2) is 9.05. The maximum absolute atomic E-state index is 14.9. The SMILES string of the molecule is NC(N)=NC(=O)OCc1cccc(N2CCN(C(=O)c3ccccc3)CC2)c1F. The Morgan fingerprint density at radius 1 is 1.00 bits per heavy atom. The number of nitrogens with zero attached hydrogens (tertiary/aromatic N) is 3. The van der Waals surface area contributed by atoms with E-state index < -0.39 is 17.9 Å². The maximum Gasteiger partial charge on any atom is 0.437 e. The van der Waals surface area contributed by atoms with Crippen molar-refractivity contribution in [2.24, 2.45) is 16.5 Å². The van der Waals surface area contributed by atoms with Gasteiger partial charge in [-0.1, -0.05) is 30.3 Å². The summed E-state index contributed by atoms with van der Waals surface area (Å²) in [5.74, 6) is -0.939. The van der Waals surface area contributed by atoms with Crippen molar-refractivity contribution in [3.63, 3.8) is 0 Å². The van der Waals surface area contributed by atoms with Gasteiger partial charge in [0.25, 0.3) is 5.91 Å². The number of anilines is 1. The van der Waals surface area contributed by atoms with Crippen LogP contribution in [0, 0.1) is 5.82 Å². The van der Waals surface area contributed by atoms with E-state index in [2.05, 4.69) is 4.99 Å². The molecule has 0 aliphatic carbocycles. The maximum atomic E-state index is 14.9. The molecule has 0 atom stereocenters. The van der Waals surface area contributed by atoms with Crippen molar-refractivity contribution in [3.8, 4) is 0 Å². The predicted molar refractivity (Wildman–Crippen MR) is 107 cm³/mol. The van der Waals surface area contributed by atoms with Crippen LogP contribution in [0.3, 0.4) is 0 Å². The summed E-state index contributed by atoms with van der Waals surface area (Å²) >= 11 is 0. The van der Waals surface area contributed by atoms with Crippen LogP contribution in [0.4, 0.5) is 14.9 Å². The molecular formula is C20H22FN5O3. The van der Waals surface area contributed by atoms with Crippen LogP contribution in [0.1, 0.15) is 15.9 Å².